The van der Waals surface area contributed by atoms with E-state index in [0.717, 1.165) is 10.0 Å². The SMILES string of the molecule is COc1cc(Br)cc(C(C)(C)C)c1O. The Bertz CT molecular complexity index is 340. The number of benzene rings is 1. The molecule has 1 N–H and O–H groups in total. The Hall–Kier alpha value is -0.700. The number of hydrogen-bond donors (Lipinski definition) is 1. The van der Waals surface area contributed by atoms with Crippen LogP contribution in [0.2, 0.25) is 0 Å². The highest BCUT2D eigenvalue weighted by Gasteiger charge is 2.21. The molecule has 2 nitrogen and oxygen atoms in total. The standard InChI is InChI=1S/C11H15BrO2/c1-11(2,3)8-5-7(12)6-9(14-4)10(8)13/h5-6,13H,1-4H3. The lowest BCUT2D eigenvalue weighted by Gasteiger charge is -2.21. The molecule has 0 atom stereocenters. The third-order valence-electron chi connectivity index (χ3n) is 2.07. The zero-order chi connectivity index (χ0) is 10.9. The van der Waals surface area contributed by atoms with E-state index in [1.54, 1.807) is 13.2 Å². The molecule has 0 saturated heterocycles. The van der Waals surface area contributed by atoms with E-state index in [-0.39, 0.29) is 11.2 Å². The van der Waals surface area contributed by atoms with E-state index in [1.807, 2.05) is 26.8 Å². The Morgan fingerprint density at radius 1 is 1.29 bits per heavy atom. The second-order valence-electron chi connectivity index (χ2n) is 4.25. The maximum atomic E-state index is 9.90. The minimum absolute atomic E-state index is 0.0961. The molecule has 78 valence electrons. The Balaban J connectivity index is 3.37. The molecule has 0 bridgehead atoms. The highest BCUT2D eigenvalue weighted by Crippen LogP contribution is 2.39. The molecule has 1 aromatic rings. The summed E-state index contributed by atoms with van der Waals surface area (Å²) >= 11 is 3.39. The molecule has 0 aliphatic carbocycles. The van der Waals surface area contributed by atoms with Crippen molar-refractivity contribution < 1.29 is 9.84 Å². The molecular formula is C11H15BrO2. The van der Waals surface area contributed by atoms with Crippen LogP contribution in [0.4, 0.5) is 0 Å². The van der Waals surface area contributed by atoms with Gasteiger partial charge in [-0.3, -0.25) is 0 Å². The van der Waals surface area contributed by atoms with Gasteiger partial charge in [-0.25, -0.2) is 0 Å². The fraction of sp³-hybridized carbons (Fsp3) is 0.455. The van der Waals surface area contributed by atoms with Gasteiger partial charge in [0.2, 0.25) is 0 Å². The van der Waals surface area contributed by atoms with Gasteiger partial charge in [-0.1, -0.05) is 36.7 Å². The van der Waals surface area contributed by atoms with E-state index in [1.165, 1.54) is 0 Å². The number of aromatic hydroxyl groups is 1. The number of ether oxygens (including phenoxy) is 1. The number of phenolic OH excluding ortho intramolecular Hbond substituents is 1. The number of hydrogen-bond acceptors (Lipinski definition) is 2. The molecule has 0 fully saturated rings. The van der Waals surface area contributed by atoms with Gasteiger partial charge in [-0.2, -0.15) is 0 Å². The van der Waals surface area contributed by atoms with E-state index in [2.05, 4.69) is 15.9 Å². The zero-order valence-corrected chi connectivity index (χ0v) is 10.5. The van der Waals surface area contributed by atoms with Gasteiger partial charge in [0, 0.05) is 10.0 Å². The largest absolute Gasteiger partial charge is 0.504 e. The van der Waals surface area contributed by atoms with Crippen molar-refractivity contribution in [2.45, 2.75) is 26.2 Å². The smallest absolute Gasteiger partial charge is 0.161 e. The number of phenols is 1. The van der Waals surface area contributed by atoms with Crippen molar-refractivity contribution in [2.75, 3.05) is 7.11 Å². The van der Waals surface area contributed by atoms with Gasteiger partial charge in [0.05, 0.1) is 7.11 Å². The molecule has 14 heavy (non-hydrogen) atoms. The second kappa shape index (κ2) is 3.81. The molecule has 0 unspecified atom stereocenters. The number of rotatable bonds is 1. The Morgan fingerprint density at radius 3 is 2.29 bits per heavy atom. The molecule has 0 radical (unpaired) electrons. The molecule has 0 spiro atoms. The van der Waals surface area contributed by atoms with Crippen LogP contribution in [-0.2, 0) is 5.41 Å². The maximum absolute atomic E-state index is 9.90. The number of methoxy groups -OCH3 is 1. The van der Waals surface area contributed by atoms with E-state index >= 15 is 0 Å². The van der Waals surface area contributed by atoms with Crippen LogP contribution in [0.3, 0.4) is 0 Å². The lowest BCUT2D eigenvalue weighted by Crippen LogP contribution is -2.11. The van der Waals surface area contributed by atoms with Crippen molar-refractivity contribution in [2.24, 2.45) is 0 Å². The predicted octanol–water partition coefficient (Wildman–Crippen LogP) is 3.46. The maximum Gasteiger partial charge on any atom is 0.161 e. The lowest BCUT2D eigenvalue weighted by molar-refractivity contribution is 0.364. The average molecular weight is 259 g/mol. The minimum atomic E-state index is -0.0961. The van der Waals surface area contributed by atoms with Crippen molar-refractivity contribution >= 4 is 15.9 Å². The van der Waals surface area contributed by atoms with Gasteiger partial charge in [0.15, 0.2) is 11.5 Å². The third kappa shape index (κ3) is 2.21. The van der Waals surface area contributed by atoms with E-state index in [0.29, 0.717) is 5.75 Å². The summed E-state index contributed by atoms with van der Waals surface area (Å²) in [6.45, 7) is 6.15. The van der Waals surface area contributed by atoms with Crippen LogP contribution in [0.25, 0.3) is 0 Å². The minimum Gasteiger partial charge on any atom is -0.504 e. The van der Waals surface area contributed by atoms with Crippen LogP contribution in [0, 0.1) is 0 Å². The van der Waals surface area contributed by atoms with Crippen LogP contribution in [0.15, 0.2) is 16.6 Å². The first-order valence-corrected chi connectivity index (χ1v) is 5.22. The first-order chi connectivity index (χ1) is 6.36. The van der Waals surface area contributed by atoms with Crippen molar-refractivity contribution in [1.82, 2.24) is 0 Å². The fourth-order valence-corrected chi connectivity index (χ4v) is 1.74. The van der Waals surface area contributed by atoms with E-state index < -0.39 is 0 Å². The van der Waals surface area contributed by atoms with E-state index in [4.69, 9.17) is 4.74 Å². The number of halogens is 1. The highest BCUT2D eigenvalue weighted by molar-refractivity contribution is 9.10. The quantitative estimate of drug-likeness (QED) is 0.836. The van der Waals surface area contributed by atoms with Crippen molar-refractivity contribution in [3.63, 3.8) is 0 Å². The topological polar surface area (TPSA) is 29.5 Å². The van der Waals surface area contributed by atoms with Gasteiger partial charge in [-0.15, -0.1) is 0 Å². The molecule has 0 saturated carbocycles. The molecule has 0 heterocycles. The molecule has 1 rings (SSSR count). The highest BCUT2D eigenvalue weighted by atomic mass is 79.9. The fourth-order valence-electron chi connectivity index (χ4n) is 1.30. The van der Waals surface area contributed by atoms with Crippen LogP contribution in [0.1, 0.15) is 26.3 Å². The van der Waals surface area contributed by atoms with Gasteiger partial charge in [-0.05, 0) is 17.5 Å². The van der Waals surface area contributed by atoms with Crippen molar-refractivity contribution in [3.05, 3.63) is 22.2 Å². The predicted molar refractivity (Wildman–Crippen MR) is 61.1 cm³/mol. The second-order valence-corrected chi connectivity index (χ2v) is 5.17. The van der Waals surface area contributed by atoms with Gasteiger partial charge in [0.1, 0.15) is 0 Å². The summed E-state index contributed by atoms with van der Waals surface area (Å²) in [6, 6.07) is 3.67. The van der Waals surface area contributed by atoms with Crippen molar-refractivity contribution in [3.8, 4) is 11.5 Å². The molecular weight excluding hydrogens is 244 g/mol. The first-order valence-electron chi connectivity index (χ1n) is 4.43. The summed E-state index contributed by atoms with van der Waals surface area (Å²) in [4.78, 5) is 0. The first kappa shape index (κ1) is 11.4. The van der Waals surface area contributed by atoms with Gasteiger partial charge in [0.25, 0.3) is 0 Å². The molecule has 1 aromatic carbocycles. The summed E-state index contributed by atoms with van der Waals surface area (Å²) in [5, 5.41) is 9.90. The molecule has 0 amide bonds. The Kier molecular flexibility index (Phi) is 3.10. The summed E-state index contributed by atoms with van der Waals surface area (Å²) in [5.74, 6) is 0.729. The Labute approximate surface area is 93.0 Å². The summed E-state index contributed by atoms with van der Waals surface area (Å²) < 4.78 is 6.00. The molecule has 0 aliphatic heterocycles. The summed E-state index contributed by atoms with van der Waals surface area (Å²) in [6.07, 6.45) is 0. The average Bonchev–Trinajstić information content (AvgIpc) is 2.06. The lowest BCUT2D eigenvalue weighted by atomic mass is 9.86. The van der Waals surface area contributed by atoms with Crippen LogP contribution < -0.4 is 4.74 Å². The summed E-state index contributed by atoms with van der Waals surface area (Å²) in [5.41, 5.74) is 0.782. The van der Waals surface area contributed by atoms with E-state index in [9.17, 15) is 5.11 Å². The van der Waals surface area contributed by atoms with Crippen LogP contribution >= 0.6 is 15.9 Å². The Morgan fingerprint density at radius 2 is 1.86 bits per heavy atom. The normalized spacial score (nSPS) is 11.5. The monoisotopic (exact) mass is 258 g/mol. The summed E-state index contributed by atoms with van der Waals surface area (Å²) in [7, 11) is 1.55. The molecule has 0 aromatic heterocycles. The van der Waals surface area contributed by atoms with Crippen LogP contribution in [0.5, 0.6) is 11.5 Å². The third-order valence-corrected chi connectivity index (χ3v) is 2.53. The molecule has 0 aliphatic rings. The van der Waals surface area contributed by atoms with Crippen molar-refractivity contribution in [1.29, 1.82) is 0 Å². The van der Waals surface area contributed by atoms with Gasteiger partial charge < -0.3 is 9.84 Å². The zero-order valence-electron chi connectivity index (χ0n) is 8.89. The van der Waals surface area contributed by atoms with Gasteiger partial charge >= 0.3 is 0 Å². The molecule has 3 heteroatoms. The van der Waals surface area contributed by atoms with Crippen LogP contribution in [-0.4, -0.2) is 12.2 Å².